The van der Waals surface area contributed by atoms with Crippen LogP contribution in [0, 0.1) is 0 Å². The minimum atomic E-state index is -0.0350. The summed E-state index contributed by atoms with van der Waals surface area (Å²) >= 11 is 0. The van der Waals surface area contributed by atoms with E-state index in [1.165, 1.54) is 32.3 Å². The fourth-order valence-corrected chi connectivity index (χ4v) is 6.49. The first-order valence-corrected chi connectivity index (χ1v) is 14.3. The van der Waals surface area contributed by atoms with E-state index in [1.54, 1.807) is 0 Å². The van der Waals surface area contributed by atoms with Crippen molar-refractivity contribution in [2.75, 3.05) is 0 Å². The van der Waals surface area contributed by atoms with E-state index >= 15 is 0 Å². The van der Waals surface area contributed by atoms with Crippen LogP contribution in [0.15, 0.2) is 158 Å². The molecular weight excluding hydrogens is 504 g/mol. The fourth-order valence-electron chi connectivity index (χ4n) is 6.49. The van der Waals surface area contributed by atoms with Crippen molar-refractivity contribution < 1.29 is 5.48 Å². The van der Waals surface area contributed by atoms with Crippen LogP contribution in [0.5, 0.6) is 0 Å². The molecule has 9 aromatic carbocycles. The van der Waals surface area contributed by atoms with Gasteiger partial charge in [-0.3, -0.25) is 0 Å². The van der Waals surface area contributed by atoms with Crippen LogP contribution in [0.1, 0.15) is 5.48 Å². The lowest BCUT2D eigenvalue weighted by atomic mass is 9.93. The molecule has 0 amide bonds. The van der Waals surface area contributed by atoms with Crippen LogP contribution < -0.4 is 0 Å². The van der Waals surface area contributed by atoms with Gasteiger partial charge in [0.15, 0.2) is 0 Å². The molecule has 42 heavy (non-hydrogen) atoms. The molecule has 0 aromatic heterocycles. The van der Waals surface area contributed by atoms with Gasteiger partial charge in [0.05, 0.1) is 5.48 Å². The standard InChI is InChI=1S/C42H26/c1-3-7-37-30(6-1)17-21-41-39-20-18-32(23-34(39)19-22-40(37)41)28-11-9-27(10-12-28)31-14-15-33-26-42-35(25-36(33)24-31)16-13-29-5-2-4-8-38(29)42/h1-26H/i9D,10D,11D,12D. The number of hydrogen-bond donors (Lipinski definition) is 0. The van der Waals surface area contributed by atoms with E-state index in [9.17, 15) is 0 Å². The molecule has 0 fully saturated rings. The van der Waals surface area contributed by atoms with Crippen LogP contribution in [0.25, 0.3) is 86.9 Å². The van der Waals surface area contributed by atoms with Crippen LogP contribution in [-0.4, -0.2) is 0 Å². The van der Waals surface area contributed by atoms with Crippen molar-refractivity contribution in [1.82, 2.24) is 0 Å². The maximum atomic E-state index is 9.05. The van der Waals surface area contributed by atoms with Gasteiger partial charge in [-0.2, -0.15) is 0 Å². The van der Waals surface area contributed by atoms with Gasteiger partial charge in [0.2, 0.25) is 0 Å². The van der Waals surface area contributed by atoms with E-state index < -0.39 is 0 Å². The number of benzene rings is 9. The van der Waals surface area contributed by atoms with Crippen LogP contribution in [-0.2, 0) is 0 Å². The molecule has 0 aliphatic heterocycles. The quantitative estimate of drug-likeness (QED) is 0.153. The molecule has 0 radical (unpaired) electrons. The molecular formula is C42H26. The smallest absolute Gasteiger partial charge is 0.0616 e. The molecule has 0 saturated carbocycles. The molecule has 0 heterocycles. The third kappa shape index (κ3) is 3.62. The summed E-state index contributed by atoms with van der Waals surface area (Å²) in [6.45, 7) is 0. The van der Waals surface area contributed by atoms with Gasteiger partial charge in [0.25, 0.3) is 0 Å². The number of rotatable bonds is 2. The summed E-state index contributed by atoms with van der Waals surface area (Å²) in [4.78, 5) is 0. The van der Waals surface area contributed by atoms with Crippen molar-refractivity contribution in [3.63, 3.8) is 0 Å². The SMILES string of the molecule is [2H]c1c([2H])c(-c2ccc3c(ccc4c5ccccc5ccc34)c2)c([2H])c([2H])c1-c1ccc2cc3c(ccc4ccccc43)cc2c1. The highest BCUT2D eigenvalue weighted by Gasteiger charge is 2.08. The Morgan fingerprint density at radius 2 is 0.714 bits per heavy atom. The van der Waals surface area contributed by atoms with Crippen molar-refractivity contribution in [3.8, 4) is 22.3 Å². The average molecular weight is 535 g/mol. The second-order valence-electron chi connectivity index (χ2n) is 11.1. The summed E-state index contributed by atoms with van der Waals surface area (Å²) in [7, 11) is 0. The van der Waals surface area contributed by atoms with E-state index in [4.69, 9.17) is 5.48 Å². The van der Waals surface area contributed by atoms with Crippen LogP contribution in [0.2, 0.25) is 0 Å². The Balaban J connectivity index is 1.17. The van der Waals surface area contributed by atoms with Gasteiger partial charge < -0.3 is 0 Å². The number of hydrogen-bond acceptors (Lipinski definition) is 0. The summed E-state index contributed by atoms with van der Waals surface area (Å²) < 4.78 is 36.2. The van der Waals surface area contributed by atoms with Gasteiger partial charge in [-0.25, -0.2) is 0 Å². The van der Waals surface area contributed by atoms with Crippen molar-refractivity contribution in [3.05, 3.63) is 158 Å². The van der Waals surface area contributed by atoms with Crippen LogP contribution in [0.4, 0.5) is 0 Å². The molecule has 0 nitrogen and oxygen atoms in total. The zero-order chi connectivity index (χ0) is 31.1. The van der Waals surface area contributed by atoms with Gasteiger partial charge in [-0.05, 0) is 111 Å². The summed E-state index contributed by atoms with van der Waals surface area (Å²) in [5, 5.41) is 13.6. The Labute approximate surface area is 249 Å². The zero-order valence-corrected chi connectivity index (χ0v) is 22.7. The van der Waals surface area contributed by atoms with Crippen molar-refractivity contribution in [1.29, 1.82) is 0 Å². The number of fused-ring (bicyclic) bond motifs is 9. The maximum Gasteiger partial charge on any atom is 0.0629 e. The largest absolute Gasteiger partial charge is 0.0629 e. The Hall–Kier alpha value is -5.46. The first-order chi connectivity index (χ1) is 22.5. The highest BCUT2D eigenvalue weighted by atomic mass is 14.1. The van der Waals surface area contributed by atoms with Gasteiger partial charge in [0.1, 0.15) is 0 Å². The van der Waals surface area contributed by atoms with Crippen molar-refractivity contribution in [2.45, 2.75) is 0 Å². The third-order valence-electron chi connectivity index (χ3n) is 8.65. The lowest BCUT2D eigenvalue weighted by Gasteiger charge is -2.11. The van der Waals surface area contributed by atoms with Gasteiger partial charge >= 0.3 is 0 Å². The summed E-state index contributed by atoms with van der Waals surface area (Å²) in [6.07, 6.45) is 0. The van der Waals surface area contributed by atoms with Gasteiger partial charge in [0, 0.05) is 0 Å². The highest BCUT2D eigenvalue weighted by molar-refractivity contribution is 6.17. The normalized spacial score (nSPS) is 13.1. The van der Waals surface area contributed by atoms with Gasteiger partial charge in [-0.1, -0.05) is 133 Å². The Morgan fingerprint density at radius 1 is 0.262 bits per heavy atom. The van der Waals surface area contributed by atoms with Gasteiger partial charge in [-0.15, -0.1) is 0 Å². The second-order valence-corrected chi connectivity index (χ2v) is 11.1. The molecule has 194 valence electrons. The third-order valence-corrected chi connectivity index (χ3v) is 8.65. The highest BCUT2D eigenvalue weighted by Crippen LogP contribution is 2.35. The van der Waals surface area contributed by atoms with E-state index in [0.717, 1.165) is 32.3 Å². The van der Waals surface area contributed by atoms with E-state index in [-0.39, 0.29) is 24.2 Å². The lowest BCUT2D eigenvalue weighted by Crippen LogP contribution is -1.84. The molecule has 0 aliphatic carbocycles. The topological polar surface area (TPSA) is 0 Å². The minimum absolute atomic E-state index is 0.0350. The molecule has 9 aromatic rings. The molecule has 0 saturated heterocycles. The maximum absolute atomic E-state index is 9.05. The zero-order valence-electron chi connectivity index (χ0n) is 26.7. The fraction of sp³-hybridized carbons (Fsp3) is 0. The summed E-state index contributed by atoms with van der Waals surface area (Å²) in [5.41, 5.74) is 1.98. The Morgan fingerprint density at radius 3 is 1.43 bits per heavy atom. The van der Waals surface area contributed by atoms with E-state index in [0.29, 0.717) is 22.3 Å². The van der Waals surface area contributed by atoms with E-state index in [2.05, 4.69) is 84.9 Å². The summed E-state index contributed by atoms with van der Waals surface area (Å²) in [5.74, 6) is 0. The lowest BCUT2D eigenvalue weighted by molar-refractivity contribution is 1.62. The minimum Gasteiger partial charge on any atom is -0.0616 e. The van der Waals surface area contributed by atoms with E-state index in [1.807, 2.05) is 48.5 Å². The summed E-state index contributed by atoms with van der Waals surface area (Å²) in [6, 6.07) is 45.6. The Bertz CT molecular complexity index is 2630. The van der Waals surface area contributed by atoms with Crippen molar-refractivity contribution in [2.24, 2.45) is 0 Å². The molecule has 0 heteroatoms. The molecule has 0 unspecified atom stereocenters. The predicted octanol–water partition coefficient (Wildman–Crippen LogP) is 11.9. The monoisotopic (exact) mass is 534 g/mol. The second kappa shape index (κ2) is 9.03. The van der Waals surface area contributed by atoms with Crippen LogP contribution >= 0.6 is 0 Å². The first-order valence-electron chi connectivity index (χ1n) is 16.3. The molecule has 0 aliphatic rings. The predicted molar refractivity (Wildman–Crippen MR) is 182 cm³/mol. The first kappa shape index (κ1) is 19.6. The van der Waals surface area contributed by atoms with Crippen LogP contribution in [0.3, 0.4) is 0 Å². The molecule has 0 N–H and O–H groups in total. The Kier molecular flexibility index (Phi) is 4.21. The van der Waals surface area contributed by atoms with Crippen molar-refractivity contribution >= 4 is 64.6 Å². The average Bonchev–Trinajstić information content (AvgIpc) is 3.09. The molecule has 9 rings (SSSR count). The molecule has 0 bridgehead atoms. The molecule has 0 spiro atoms. The molecule has 0 atom stereocenters.